The van der Waals surface area contributed by atoms with Crippen LogP contribution in [0.5, 0.6) is 5.75 Å². The number of aromatic nitrogens is 4. The quantitative estimate of drug-likeness (QED) is 0.214. The number of amides is 1. The fraction of sp³-hybridized carbons (Fsp3) is 0.405. The third kappa shape index (κ3) is 5.34. The molecule has 4 heterocycles. The van der Waals surface area contributed by atoms with Crippen molar-refractivity contribution in [3.05, 3.63) is 71.3 Å². The number of benzene rings is 2. The number of likely N-dealkylation sites (tertiary alicyclic amines) is 1. The average Bonchev–Trinajstić information content (AvgIpc) is 3.47. The molecule has 5 aromatic rings. The van der Waals surface area contributed by atoms with Gasteiger partial charge in [-0.15, -0.1) is 0 Å². The van der Waals surface area contributed by atoms with Crippen molar-refractivity contribution in [2.75, 3.05) is 19.0 Å². The van der Waals surface area contributed by atoms with Gasteiger partial charge in [-0.25, -0.2) is 9.97 Å². The first-order valence-electron chi connectivity index (χ1n) is 16.7. The summed E-state index contributed by atoms with van der Waals surface area (Å²) in [6.45, 7) is 3.81. The Morgan fingerprint density at radius 3 is 2.57 bits per heavy atom. The van der Waals surface area contributed by atoms with Crippen molar-refractivity contribution >= 4 is 39.6 Å². The van der Waals surface area contributed by atoms with Gasteiger partial charge in [-0.2, -0.15) is 0 Å². The van der Waals surface area contributed by atoms with E-state index in [1.54, 1.807) is 14.0 Å². The van der Waals surface area contributed by atoms with E-state index in [-0.39, 0.29) is 23.8 Å². The fourth-order valence-corrected chi connectivity index (χ4v) is 7.75. The minimum atomic E-state index is -0.00212. The molecule has 242 valence electrons. The maximum atomic E-state index is 13.7. The standard InChI is InChI=1S/C37H41N7O3/c1-21(45)13-23-5-4-6-24(14-23)18-39-32-12-10-25-16-30(43(35(25)41-32)19-22-7-8-22)36-40-28-15-27(17-31(47-3)34(28)42(36)2)37(46)44-20-26-9-11-29(44)33(26)38/h4-6,10,12,14-17,22,26,29,33H,7-9,11,13,18-20,38H2,1-3H3,(H,39,41)/t26?,29?,33-/m1/s1. The molecule has 3 N–H and O–H groups in total. The van der Waals surface area contributed by atoms with Crippen LogP contribution in [0.4, 0.5) is 5.82 Å². The van der Waals surface area contributed by atoms with Crippen molar-refractivity contribution in [2.45, 2.75) is 64.2 Å². The number of pyridine rings is 1. The molecule has 0 radical (unpaired) electrons. The Balaban J connectivity index is 1.14. The first kappa shape index (κ1) is 29.7. The van der Waals surface area contributed by atoms with Crippen molar-refractivity contribution in [2.24, 2.45) is 24.6 Å². The Morgan fingerprint density at radius 1 is 1.02 bits per heavy atom. The molecule has 2 aromatic carbocycles. The molecule has 3 atom stereocenters. The number of anilines is 1. The molecule has 2 aliphatic carbocycles. The van der Waals surface area contributed by atoms with E-state index in [1.165, 1.54) is 12.8 Å². The lowest BCUT2D eigenvalue weighted by Crippen LogP contribution is -2.41. The number of nitrogens with one attached hydrogen (secondary N) is 1. The van der Waals surface area contributed by atoms with Crippen LogP contribution < -0.4 is 15.8 Å². The third-order valence-corrected chi connectivity index (χ3v) is 10.3. The Kier molecular flexibility index (Phi) is 7.28. The van der Waals surface area contributed by atoms with Crippen LogP contribution in [-0.2, 0) is 31.4 Å². The minimum Gasteiger partial charge on any atom is -0.494 e. The van der Waals surface area contributed by atoms with Crippen LogP contribution in [0, 0.1) is 11.8 Å². The number of piperidine rings is 1. The van der Waals surface area contributed by atoms with Crippen molar-refractivity contribution in [1.29, 1.82) is 0 Å². The van der Waals surface area contributed by atoms with Gasteiger partial charge in [-0.1, -0.05) is 24.3 Å². The molecule has 10 nitrogen and oxygen atoms in total. The predicted octanol–water partition coefficient (Wildman–Crippen LogP) is 5.31. The van der Waals surface area contributed by atoms with E-state index in [0.717, 1.165) is 76.5 Å². The Hall–Kier alpha value is -4.70. The van der Waals surface area contributed by atoms with Gasteiger partial charge in [0, 0.05) is 56.1 Å². The predicted molar refractivity (Wildman–Crippen MR) is 182 cm³/mol. The van der Waals surface area contributed by atoms with E-state index in [4.69, 9.17) is 20.4 Å². The maximum Gasteiger partial charge on any atom is 0.254 e. The molecular formula is C37H41N7O3. The van der Waals surface area contributed by atoms with Gasteiger partial charge in [0.2, 0.25) is 0 Å². The van der Waals surface area contributed by atoms with Crippen LogP contribution in [-0.4, -0.2) is 61.4 Å². The molecule has 3 aliphatic rings. The van der Waals surface area contributed by atoms with Crippen molar-refractivity contribution < 1.29 is 14.3 Å². The van der Waals surface area contributed by atoms with Gasteiger partial charge in [-0.05, 0) is 85.9 Å². The first-order valence-corrected chi connectivity index (χ1v) is 16.7. The summed E-state index contributed by atoms with van der Waals surface area (Å²) in [5.74, 6) is 3.38. The number of Topliss-reactive ketones (excluding diaryl/α,β-unsaturated/α-hetero) is 1. The van der Waals surface area contributed by atoms with Gasteiger partial charge in [0.25, 0.3) is 5.91 Å². The Labute approximate surface area is 273 Å². The number of imidazole rings is 1. The zero-order valence-electron chi connectivity index (χ0n) is 27.2. The summed E-state index contributed by atoms with van der Waals surface area (Å²) in [6, 6.07) is 18.3. The lowest BCUT2D eigenvalue weighted by molar-refractivity contribution is -0.116. The van der Waals surface area contributed by atoms with Crippen LogP contribution in [0.25, 0.3) is 33.6 Å². The van der Waals surface area contributed by atoms with Crippen LogP contribution >= 0.6 is 0 Å². The number of carbonyl (C=O) groups is 2. The highest BCUT2D eigenvalue weighted by Gasteiger charge is 2.47. The zero-order chi connectivity index (χ0) is 32.4. The van der Waals surface area contributed by atoms with E-state index in [9.17, 15) is 9.59 Å². The van der Waals surface area contributed by atoms with E-state index < -0.39 is 0 Å². The fourth-order valence-electron chi connectivity index (χ4n) is 7.75. The Bertz CT molecular complexity index is 2040. The summed E-state index contributed by atoms with van der Waals surface area (Å²) >= 11 is 0. The number of nitrogens with two attached hydrogens (primary N) is 1. The molecule has 10 heteroatoms. The SMILES string of the molecule is COc1cc(C(=O)N2CC3CCC2[C@@H]3N)cc2nc(-c3cc4ccc(NCc5cccc(CC(C)=O)c5)nc4n3CC3CC3)n(C)c12. The maximum absolute atomic E-state index is 13.7. The molecule has 2 saturated carbocycles. The second-order valence-electron chi connectivity index (χ2n) is 13.7. The van der Waals surface area contributed by atoms with Crippen LogP contribution in [0.15, 0.2) is 54.6 Å². The number of fused-ring (bicyclic) bond motifs is 4. The molecule has 0 spiro atoms. The number of rotatable bonds is 10. The highest BCUT2D eigenvalue weighted by Crippen LogP contribution is 2.40. The largest absolute Gasteiger partial charge is 0.494 e. The highest BCUT2D eigenvalue weighted by molar-refractivity contribution is 6.00. The highest BCUT2D eigenvalue weighted by atomic mass is 16.5. The summed E-state index contributed by atoms with van der Waals surface area (Å²) in [7, 11) is 3.65. The van der Waals surface area contributed by atoms with Crippen molar-refractivity contribution in [3.8, 4) is 17.3 Å². The topological polar surface area (TPSA) is 120 Å². The Morgan fingerprint density at radius 2 is 1.85 bits per heavy atom. The third-order valence-electron chi connectivity index (χ3n) is 10.3. The molecule has 1 aliphatic heterocycles. The van der Waals surface area contributed by atoms with Gasteiger partial charge in [0.15, 0.2) is 5.82 Å². The average molecular weight is 632 g/mol. The van der Waals surface area contributed by atoms with Gasteiger partial charge in [0.05, 0.1) is 18.3 Å². The molecule has 3 aromatic heterocycles. The van der Waals surface area contributed by atoms with Gasteiger partial charge >= 0.3 is 0 Å². The summed E-state index contributed by atoms with van der Waals surface area (Å²) in [5, 5.41) is 4.54. The monoisotopic (exact) mass is 631 g/mol. The summed E-state index contributed by atoms with van der Waals surface area (Å²) < 4.78 is 10.2. The van der Waals surface area contributed by atoms with E-state index >= 15 is 0 Å². The number of carbonyl (C=O) groups excluding carboxylic acids is 2. The number of ketones is 1. The van der Waals surface area contributed by atoms with Gasteiger partial charge in [-0.3, -0.25) is 9.59 Å². The second kappa shape index (κ2) is 11.5. The molecule has 2 bridgehead atoms. The number of hydrogen-bond acceptors (Lipinski definition) is 7. The normalized spacial score (nSPS) is 20.4. The first-order chi connectivity index (χ1) is 22.8. The molecular weight excluding hydrogens is 590 g/mol. The van der Waals surface area contributed by atoms with E-state index in [1.807, 2.05) is 42.3 Å². The van der Waals surface area contributed by atoms with Gasteiger partial charge < -0.3 is 29.8 Å². The van der Waals surface area contributed by atoms with Crippen molar-refractivity contribution in [1.82, 2.24) is 24.0 Å². The summed E-state index contributed by atoms with van der Waals surface area (Å²) in [6.07, 6.45) is 4.92. The zero-order valence-corrected chi connectivity index (χ0v) is 27.2. The minimum absolute atomic E-state index is 0.00212. The summed E-state index contributed by atoms with van der Waals surface area (Å²) in [5.41, 5.74) is 12.6. The molecule has 1 saturated heterocycles. The van der Waals surface area contributed by atoms with E-state index in [0.29, 0.717) is 36.1 Å². The van der Waals surface area contributed by atoms with Gasteiger partial charge in [0.1, 0.15) is 28.5 Å². The lowest BCUT2D eigenvalue weighted by atomic mass is 10.1. The van der Waals surface area contributed by atoms with Crippen LogP contribution in [0.1, 0.15) is 54.1 Å². The smallest absolute Gasteiger partial charge is 0.254 e. The number of hydrogen-bond donors (Lipinski definition) is 2. The summed E-state index contributed by atoms with van der Waals surface area (Å²) in [4.78, 5) is 37.5. The molecule has 8 rings (SSSR count). The number of ether oxygens (including phenoxy) is 1. The van der Waals surface area contributed by atoms with Crippen LogP contribution in [0.3, 0.4) is 0 Å². The van der Waals surface area contributed by atoms with Crippen LogP contribution in [0.2, 0.25) is 0 Å². The number of methoxy groups -OCH3 is 1. The number of nitrogens with zero attached hydrogens (tertiary/aromatic N) is 5. The van der Waals surface area contributed by atoms with Crippen molar-refractivity contribution in [3.63, 3.8) is 0 Å². The molecule has 1 amide bonds. The lowest BCUT2D eigenvalue weighted by Gasteiger charge is -2.27. The molecule has 3 fully saturated rings. The van der Waals surface area contributed by atoms with E-state index in [2.05, 4.69) is 38.7 Å². The molecule has 47 heavy (non-hydrogen) atoms. The molecule has 2 unspecified atom stereocenters. The number of aryl methyl sites for hydroxylation is 1. The second-order valence-corrected chi connectivity index (χ2v) is 13.7.